The van der Waals surface area contributed by atoms with Crippen molar-refractivity contribution in [3.8, 4) is 0 Å². The normalized spacial score (nSPS) is 25.6. The molecule has 0 aliphatic carbocycles. The van der Waals surface area contributed by atoms with E-state index in [2.05, 4.69) is 67.8 Å². The molecule has 17 unspecified atom stereocenters. The standard InChI is InChI=1S/C89H165NO18/c1-3-5-7-9-11-13-15-17-19-21-23-25-27-29-31-33-34-35-36-37-38-39-41-43-45-47-49-51-53-55-57-59-61-63-65-67-77(95)90-72(73(94)66-64-62-60-58-56-54-52-50-48-46-44-42-40-32-30-28-26-24-22-20-18-16-14-12-10-8-6-4-2)71-103-87-83(101)80(98)85(75(69-92)105-87)108-89-84(102)81(99)86(76(70-93)106-89)107-88-82(100)79(97)78(96)74(68-91)104-88/h5,7,11,13,17,19,23,25,72-76,78-89,91-94,96-102H,3-4,6,8-10,12,14-16,18,20-22,24,26-71H2,1-2H3,(H,90,95)/b7-5-,13-11-,19-17-,25-23-. The molecule has 0 spiro atoms. The van der Waals surface area contributed by atoms with Crippen LogP contribution in [0.2, 0.25) is 0 Å². The molecule has 3 heterocycles. The highest BCUT2D eigenvalue weighted by molar-refractivity contribution is 5.76. The second-order valence-electron chi connectivity index (χ2n) is 32.0. The molecule has 12 N–H and O–H groups in total. The van der Waals surface area contributed by atoms with Crippen LogP contribution in [-0.4, -0.2) is 193 Å². The second kappa shape index (κ2) is 69.1. The molecule has 19 nitrogen and oxygen atoms in total. The average Bonchev–Trinajstić information content (AvgIpc) is 0.774. The van der Waals surface area contributed by atoms with Crippen molar-refractivity contribution in [1.29, 1.82) is 0 Å². The summed E-state index contributed by atoms with van der Waals surface area (Å²) in [6, 6.07) is -0.888. The number of aliphatic hydroxyl groups is 11. The van der Waals surface area contributed by atoms with Crippen LogP contribution in [0.1, 0.15) is 380 Å². The monoisotopic (exact) mass is 1540 g/mol. The molecule has 19 heteroatoms. The number of hydrogen-bond acceptors (Lipinski definition) is 18. The fraction of sp³-hybridized carbons (Fsp3) is 0.899. The highest BCUT2D eigenvalue weighted by Crippen LogP contribution is 2.34. The van der Waals surface area contributed by atoms with Gasteiger partial charge in [0.25, 0.3) is 0 Å². The van der Waals surface area contributed by atoms with Gasteiger partial charge >= 0.3 is 0 Å². The van der Waals surface area contributed by atoms with E-state index in [1.165, 1.54) is 276 Å². The molecular formula is C89H165NO18. The van der Waals surface area contributed by atoms with E-state index in [-0.39, 0.29) is 18.9 Å². The van der Waals surface area contributed by atoms with Gasteiger partial charge in [-0.25, -0.2) is 0 Å². The van der Waals surface area contributed by atoms with Crippen molar-refractivity contribution >= 4 is 5.91 Å². The average molecular weight is 1540 g/mol. The van der Waals surface area contributed by atoms with E-state index in [0.717, 1.165) is 70.6 Å². The first-order valence-corrected chi connectivity index (χ1v) is 44.9. The maximum absolute atomic E-state index is 13.5. The summed E-state index contributed by atoms with van der Waals surface area (Å²) < 4.78 is 34.6. The van der Waals surface area contributed by atoms with Crippen LogP contribution >= 0.6 is 0 Å². The molecule has 634 valence electrons. The Morgan fingerprint density at radius 1 is 0.343 bits per heavy atom. The zero-order chi connectivity index (χ0) is 78.1. The van der Waals surface area contributed by atoms with Gasteiger partial charge in [0.2, 0.25) is 5.91 Å². The quantitative estimate of drug-likeness (QED) is 0.0199. The van der Waals surface area contributed by atoms with Gasteiger partial charge in [-0.05, 0) is 51.4 Å². The largest absolute Gasteiger partial charge is 0.394 e. The highest BCUT2D eigenvalue weighted by Gasteiger charge is 2.54. The van der Waals surface area contributed by atoms with Gasteiger partial charge < -0.3 is 89.9 Å². The van der Waals surface area contributed by atoms with Crippen LogP contribution in [0.25, 0.3) is 0 Å². The van der Waals surface area contributed by atoms with Crippen molar-refractivity contribution in [3.05, 3.63) is 48.6 Å². The third kappa shape index (κ3) is 47.6. The summed E-state index contributed by atoms with van der Waals surface area (Å²) in [5, 5.41) is 121. The number of hydrogen-bond donors (Lipinski definition) is 12. The molecule has 1 amide bonds. The Kier molecular flexibility index (Phi) is 63.9. The summed E-state index contributed by atoms with van der Waals surface area (Å²) in [5.41, 5.74) is 0. The molecule has 0 saturated carbocycles. The second-order valence-corrected chi connectivity index (χ2v) is 32.0. The third-order valence-electron chi connectivity index (χ3n) is 22.4. The van der Waals surface area contributed by atoms with Gasteiger partial charge in [0.15, 0.2) is 18.9 Å². The molecule has 3 aliphatic rings. The van der Waals surface area contributed by atoms with E-state index in [4.69, 9.17) is 28.4 Å². The summed E-state index contributed by atoms with van der Waals surface area (Å²) in [6.45, 7) is 1.76. The lowest BCUT2D eigenvalue weighted by Gasteiger charge is -2.48. The summed E-state index contributed by atoms with van der Waals surface area (Å²) in [4.78, 5) is 13.5. The molecule has 0 aromatic rings. The van der Waals surface area contributed by atoms with Crippen LogP contribution in [-0.2, 0) is 33.2 Å². The summed E-state index contributed by atoms with van der Waals surface area (Å²) >= 11 is 0. The van der Waals surface area contributed by atoms with Crippen LogP contribution in [0.3, 0.4) is 0 Å². The maximum Gasteiger partial charge on any atom is 0.220 e. The van der Waals surface area contributed by atoms with Crippen LogP contribution in [0.5, 0.6) is 0 Å². The lowest BCUT2D eigenvalue weighted by molar-refractivity contribution is -0.379. The summed E-state index contributed by atoms with van der Waals surface area (Å²) in [7, 11) is 0. The molecule has 3 fully saturated rings. The smallest absolute Gasteiger partial charge is 0.220 e. The molecule has 0 aromatic heterocycles. The molecule has 17 atom stereocenters. The van der Waals surface area contributed by atoms with Crippen molar-refractivity contribution in [2.75, 3.05) is 26.4 Å². The Labute approximate surface area is 656 Å². The summed E-state index contributed by atoms with van der Waals surface area (Å²) in [5.74, 6) is -0.235. The van der Waals surface area contributed by atoms with E-state index in [9.17, 15) is 61.0 Å². The van der Waals surface area contributed by atoms with Gasteiger partial charge in [0.05, 0.1) is 38.6 Å². The minimum absolute atomic E-state index is 0.235. The number of rotatable bonds is 73. The van der Waals surface area contributed by atoms with Crippen LogP contribution in [0.15, 0.2) is 48.6 Å². The molecular weight excluding hydrogens is 1370 g/mol. The fourth-order valence-corrected chi connectivity index (χ4v) is 15.3. The molecule has 3 rings (SSSR count). The zero-order valence-electron chi connectivity index (χ0n) is 68.3. The number of amides is 1. The number of carbonyl (C=O) groups is 1. The predicted octanol–water partition coefficient (Wildman–Crippen LogP) is 16.8. The Morgan fingerprint density at radius 2 is 0.639 bits per heavy atom. The molecule has 0 aromatic carbocycles. The highest BCUT2D eigenvalue weighted by atomic mass is 16.8. The van der Waals surface area contributed by atoms with Gasteiger partial charge in [0.1, 0.15) is 73.2 Å². The van der Waals surface area contributed by atoms with Gasteiger partial charge in [0, 0.05) is 6.42 Å². The first-order chi connectivity index (χ1) is 52.8. The van der Waals surface area contributed by atoms with E-state index in [0.29, 0.717) is 12.8 Å². The first-order valence-electron chi connectivity index (χ1n) is 44.9. The van der Waals surface area contributed by atoms with Crippen LogP contribution in [0, 0.1) is 0 Å². The van der Waals surface area contributed by atoms with Crippen molar-refractivity contribution < 1.29 is 89.4 Å². The maximum atomic E-state index is 13.5. The van der Waals surface area contributed by atoms with Crippen molar-refractivity contribution in [3.63, 3.8) is 0 Å². The minimum Gasteiger partial charge on any atom is -0.394 e. The predicted molar refractivity (Wildman–Crippen MR) is 434 cm³/mol. The molecule has 3 saturated heterocycles. The third-order valence-corrected chi connectivity index (χ3v) is 22.4. The molecule has 0 bridgehead atoms. The fourth-order valence-electron chi connectivity index (χ4n) is 15.3. The summed E-state index contributed by atoms with van der Waals surface area (Å²) in [6.07, 6.45) is 62.2. The number of aliphatic hydroxyl groups excluding tert-OH is 11. The van der Waals surface area contributed by atoms with E-state index in [1.807, 2.05) is 0 Å². The topological polar surface area (TPSA) is 307 Å². The van der Waals surface area contributed by atoms with Crippen molar-refractivity contribution in [1.82, 2.24) is 5.32 Å². The number of carbonyl (C=O) groups excluding carboxylic acids is 1. The van der Waals surface area contributed by atoms with Gasteiger partial charge in [-0.1, -0.05) is 371 Å². The van der Waals surface area contributed by atoms with E-state index < -0.39 is 124 Å². The van der Waals surface area contributed by atoms with Crippen molar-refractivity contribution in [2.24, 2.45) is 0 Å². The van der Waals surface area contributed by atoms with Crippen molar-refractivity contribution in [2.45, 2.75) is 484 Å². The molecule has 108 heavy (non-hydrogen) atoms. The lowest BCUT2D eigenvalue weighted by Crippen LogP contribution is -2.66. The van der Waals surface area contributed by atoms with Crippen LogP contribution < -0.4 is 5.32 Å². The number of ether oxygens (including phenoxy) is 6. The van der Waals surface area contributed by atoms with Gasteiger partial charge in [-0.15, -0.1) is 0 Å². The number of unbranched alkanes of at least 4 members (excludes halogenated alkanes) is 49. The van der Waals surface area contributed by atoms with Gasteiger partial charge in [-0.3, -0.25) is 4.79 Å². The zero-order valence-corrected chi connectivity index (χ0v) is 68.3. The minimum atomic E-state index is -1.97. The Hall–Kier alpha value is -2.25. The molecule has 3 aliphatic heterocycles. The SMILES string of the molecule is CC/C=C\C/C=C\C/C=C\C/C=C\CCCCCCCCCCCCCCCCCCCCCCCCC(=O)NC(COC1OC(CO)C(OC2OC(CO)C(OC3OC(CO)C(O)C(O)C3O)C(O)C2O)C(O)C1O)C(O)CCCCCCCCCCCCCCCCCCCCCCCCCCCCCC. The number of nitrogens with one attached hydrogen (secondary N) is 1. The van der Waals surface area contributed by atoms with E-state index in [1.54, 1.807) is 0 Å². The Balaban J connectivity index is 1.31. The Morgan fingerprint density at radius 3 is 1.00 bits per heavy atom. The van der Waals surface area contributed by atoms with Gasteiger partial charge in [-0.2, -0.15) is 0 Å². The van der Waals surface area contributed by atoms with E-state index >= 15 is 0 Å². The lowest BCUT2D eigenvalue weighted by atomic mass is 9.96. The van der Waals surface area contributed by atoms with Crippen LogP contribution in [0.4, 0.5) is 0 Å². The number of allylic oxidation sites excluding steroid dienone is 8. The molecule has 0 radical (unpaired) electrons. The first kappa shape index (κ1) is 99.9. The Bertz CT molecular complexity index is 2130.